The van der Waals surface area contributed by atoms with Gasteiger partial charge in [0.25, 0.3) is 0 Å². The van der Waals surface area contributed by atoms with Crippen LogP contribution in [0.3, 0.4) is 0 Å². The average molecular weight is 375 g/mol. The maximum absolute atomic E-state index is 13.1. The van der Waals surface area contributed by atoms with E-state index in [0.29, 0.717) is 22.6 Å². The van der Waals surface area contributed by atoms with Crippen molar-refractivity contribution >= 4 is 29.2 Å². The molecule has 0 bridgehead atoms. The van der Waals surface area contributed by atoms with Crippen molar-refractivity contribution in [1.82, 2.24) is 0 Å². The highest BCUT2D eigenvalue weighted by atomic mass is 19.1. The SMILES string of the molecule is CCOC(=O)Nc1cc(N(Cc2ccc(F)cc2)C(=O)OCC)ccc1N. The number of halogens is 1. The summed E-state index contributed by atoms with van der Waals surface area (Å²) in [5.74, 6) is -0.366. The minimum absolute atomic E-state index is 0.155. The van der Waals surface area contributed by atoms with Crippen molar-refractivity contribution in [2.24, 2.45) is 0 Å². The van der Waals surface area contributed by atoms with E-state index in [9.17, 15) is 14.0 Å². The number of rotatable bonds is 6. The first-order chi connectivity index (χ1) is 12.9. The third-order valence-corrected chi connectivity index (χ3v) is 3.60. The molecule has 3 N–H and O–H groups in total. The quantitative estimate of drug-likeness (QED) is 0.740. The van der Waals surface area contributed by atoms with Crippen molar-refractivity contribution in [1.29, 1.82) is 0 Å². The molecule has 2 aromatic carbocycles. The van der Waals surface area contributed by atoms with Gasteiger partial charge < -0.3 is 15.2 Å². The fraction of sp³-hybridized carbons (Fsp3) is 0.263. The molecule has 0 heterocycles. The van der Waals surface area contributed by atoms with Crippen molar-refractivity contribution in [2.45, 2.75) is 20.4 Å². The molecule has 0 aliphatic carbocycles. The molecule has 2 aromatic rings. The molecule has 0 aliphatic rings. The summed E-state index contributed by atoms with van der Waals surface area (Å²) in [6, 6.07) is 10.5. The molecule has 8 heteroatoms. The topological polar surface area (TPSA) is 93.9 Å². The third-order valence-electron chi connectivity index (χ3n) is 3.60. The van der Waals surface area contributed by atoms with Crippen molar-refractivity contribution in [2.75, 3.05) is 29.2 Å². The number of nitrogen functional groups attached to an aromatic ring is 1. The number of hydrogen-bond donors (Lipinski definition) is 2. The Morgan fingerprint density at radius 3 is 2.37 bits per heavy atom. The Hall–Kier alpha value is -3.29. The van der Waals surface area contributed by atoms with Gasteiger partial charge in [0.2, 0.25) is 0 Å². The van der Waals surface area contributed by atoms with E-state index in [2.05, 4.69) is 5.32 Å². The summed E-state index contributed by atoms with van der Waals surface area (Å²) in [6.45, 7) is 3.95. The van der Waals surface area contributed by atoms with Gasteiger partial charge in [-0.1, -0.05) is 12.1 Å². The van der Waals surface area contributed by atoms with Crippen molar-refractivity contribution in [3.63, 3.8) is 0 Å². The summed E-state index contributed by atoms with van der Waals surface area (Å²) < 4.78 is 23.1. The van der Waals surface area contributed by atoms with Crippen LogP contribution in [0.2, 0.25) is 0 Å². The fourth-order valence-corrected chi connectivity index (χ4v) is 2.33. The molecule has 0 atom stereocenters. The third kappa shape index (κ3) is 5.60. The zero-order valence-electron chi connectivity index (χ0n) is 15.2. The lowest BCUT2D eigenvalue weighted by Gasteiger charge is -2.23. The summed E-state index contributed by atoms with van der Waals surface area (Å²) >= 11 is 0. The number of hydrogen-bond acceptors (Lipinski definition) is 5. The normalized spacial score (nSPS) is 10.2. The Bertz CT molecular complexity index is 796. The lowest BCUT2D eigenvalue weighted by Crippen LogP contribution is -2.31. The van der Waals surface area contributed by atoms with Gasteiger partial charge in [0.05, 0.1) is 31.1 Å². The molecule has 144 valence electrons. The number of amides is 2. The fourth-order valence-electron chi connectivity index (χ4n) is 2.33. The number of nitrogens with one attached hydrogen (secondary N) is 1. The van der Waals surface area contributed by atoms with Crippen LogP contribution in [0.1, 0.15) is 19.4 Å². The smallest absolute Gasteiger partial charge is 0.414 e. The van der Waals surface area contributed by atoms with Crippen molar-refractivity contribution in [3.8, 4) is 0 Å². The van der Waals surface area contributed by atoms with Gasteiger partial charge in [-0.3, -0.25) is 10.2 Å². The molecule has 0 aromatic heterocycles. The van der Waals surface area contributed by atoms with Gasteiger partial charge in [-0.2, -0.15) is 0 Å². The molecule has 0 aliphatic heterocycles. The second-order valence-corrected chi connectivity index (χ2v) is 5.53. The van der Waals surface area contributed by atoms with Gasteiger partial charge in [0.1, 0.15) is 5.82 Å². The Kier molecular flexibility index (Phi) is 6.99. The van der Waals surface area contributed by atoms with Crippen LogP contribution in [-0.2, 0) is 16.0 Å². The summed E-state index contributed by atoms with van der Waals surface area (Å²) in [7, 11) is 0. The molecule has 0 fully saturated rings. The average Bonchev–Trinajstić information content (AvgIpc) is 2.63. The van der Waals surface area contributed by atoms with E-state index in [1.54, 1.807) is 44.2 Å². The monoisotopic (exact) mass is 375 g/mol. The van der Waals surface area contributed by atoms with Gasteiger partial charge in [0, 0.05) is 5.69 Å². The molecule has 2 rings (SSSR count). The molecule has 7 nitrogen and oxygen atoms in total. The zero-order chi connectivity index (χ0) is 19.8. The molecule has 27 heavy (non-hydrogen) atoms. The first-order valence-corrected chi connectivity index (χ1v) is 8.46. The van der Waals surface area contributed by atoms with Crippen LogP contribution in [0.15, 0.2) is 42.5 Å². The first-order valence-electron chi connectivity index (χ1n) is 8.46. The Balaban J connectivity index is 2.32. The number of nitrogens with zero attached hydrogens (tertiary/aromatic N) is 1. The summed E-state index contributed by atoms with van der Waals surface area (Å²) in [5, 5.41) is 2.53. The van der Waals surface area contributed by atoms with Crippen LogP contribution >= 0.6 is 0 Å². The Morgan fingerprint density at radius 1 is 1.07 bits per heavy atom. The first kappa shape index (κ1) is 20.0. The standard InChI is InChI=1S/C19H22FN3O4/c1-3-26-18(24)22-17-11-15(9-10-16(17)21)23(19(25)27-4-2)12-13-5-7-14(20)8-6-13/h5-11H,3-4,12,21H2,1-2H3,(H,22,24). The largest absolute Gasteiger partial charge is 0.450 e. The predicted octanol–water partition coefficient (Wildman–Crippen LogP) is 4.14. The zero-order valence-corrected chi connectivity index (χ0v) is 15.2. The Labute approximate surface area is 156 Å². The van der Waals surface area contributed by atoms with E-state index in [1.807, 2.05) is 0 Å². The van der Waals surface area contributed by atoms with Crippen LogP contribution in [0.5, 0.6) is 0 Å². The highest BCUT2D eigenvalue weighted by molar-refractivity contribution is 5.93. The number of nitrogens with two attached hydrogens (primary N) is 1. The summed E-state index contributed by atoms with van der Waals surface area (Å²) in [6.07, 6.45) is -1.23. The van der Waals surface area contributed by atoms with Crippen molar-refractivity contribution < 1.29 is 23.5 Å². The molecular formula is C19H22FN3O4. The van der Waals surface area contributed by atoms with E-state index < -0.39 is 12.2 Å². The highest BCUT2D eigenvalue weighted by Gasteiger charge is 2.19. The number of benzene rings is 2. The Morgan fingerprint density at radius 2 is 1.74 bits per heavy atom. The maximum Gasteiger partial charge on any atom is 0.414 e. The number of anilines is 3. The number of carbonyl (C=O) groups excluding carboxylic acids is 2. The lowest BCUT2D eigenvalue weighted by molar-refractivity contribution is 0.159. The number of carbonyl (C=O) groups is 2. The molecule has 0 saturated carbocycles. The minimum atomic E-state index is -0.650. The van der Waals surface area contributed by atoms with Crippen LogP contribution in [0.25, 0.3) is 0 Å². The van der Waals surface area contributed by atoms with Crippen LogP contribution in [0.4, 0.5) is 31.0 Å². The molecule has 0 spiro atoms. The number of ether oxygens (including phenoxy) is 2. The van der Waals surface area contributed by atoms with Crippen molar-refractivity contribution in [3.05, 3.63) is 53.8 Å². The summed E-state index contributed by atoms with van der Waals surface area (Å²) in [5.41, 5.74) is 7.68. The minimum Gasteiger partial charge on any atom is -0.450 e. The van der Waals surface area contributed by atoms with E-state index in [-0.39, 0.29) is 25.6 Å². The van der Waals surface area contributed by atoms with Crippen LogP contribution in [0, 0.1) is 5.82 Å². The van der Waals surface area contributed by atoms with E-state index in [0.717, 1.165) is 0 Å². The second kappa shape index (κ2) is 9.42. The molecule has 0 saturated heterocycles. The molecular weight excluding hydrogens is 353 g/mol. The lowest BCUT2D eigenvalue weighted by atomic mass is 10.2. The van der Waals surface area contributed by atoms with Gasteiger partial charge in [-0.15, -0.1) is 0 Å². The maximum atomic E-state index is 13.1. The molecule has 0 radical (unpaired) electrons. The predicted molar refractivity (Wildman–Crippen MR) is 101 cm³/mol. The van der Waals surface area contributed by atoms with Crippen LogP contribution in [-0.4, -0.2) is 25.4 Å². The van der Waals surface area contributed by atoms with Gasteiger partial charge in [-0.25, -0.2) is 14.0 Å². The summed E-state index contributed by atoms with van der Waals surface area (Å²) in [4.78, 5) is 25.5. The molecule has 2 amide bonds. The van der Waals surface area contributed by atoms with E-state index >= 15 is 0 Å². The molecule has 0 unspecified atom stereocenters. The van der Waals surface area contributed by atoms with Gasteiger partial charge in [-0.05, 0) is 49.7 Å². The van der Waals surface area contributed by atoms with E-state index in [4.69, 9.17) is 15.2 Å². The van der Waals surface area contributed by atoms with E-state index in [1.165, 1.54) is 17.0 Å². The van der Waals surface area contributed by atoms with Gasteiger partial charge in [0.15, 0.2) is 0 Å². The van der Waals surface area contributed by atoms with Gasteiger partial charge >= 0.3 is 12.2 Å². The second-order valence-electron chi connectivity index (χ2n) is 5.53. The highest BCUT2D eigenvalue weighted by Crippen LogP contribution is 2.27. The van der Waals surface area contributed by atoms with Crippen LogP contribution < -0.4 is 16.0 Å².